The summed E-state index contributed by atoms with van der Waals surface area (Å²) in [5, 5.41) is 2.90. The Morgan fingerprint density at radius 3 is 2.40 bits per heavy atom. The molecule has 8 heteroatoms. The van der Waals surface area contributed by atoms with Crippen LogP contribution in [0.15, 0.2) is 53.4 Å². The minimum Gasteiger partial charge on any atom is -0.352 e. The normalized spacial score (nSPS) is 11.9. The Bertz CT molecular complexity index is 1120. The first kappa shape index (κ1) is 22.0. The van der Waals surface area contributed by atoms with Gasteiger partial charge in [0.25, 0.3) is 5.91 Å². The number of para-hydroxylation sites is 2. The summed E-state index contributed by atoms with van der Waals surface area (Å²) < 4.78 is 28.6. The van der Waals surface area contributed by atoms with Crippen molar-refractivity contribution in [1.29, 1.82) is 0 Å². The van der Waals surface area contributed by atoms with Gasteiger partial charge in [-0.2, -0.15) is 4.31 Å². The first-order valence-corrected chi connectivity index (χ1v) is 11.6. The van der Waals surface area contributed by atoms with Gasteiger partial charge in [-0.15, -0.1) is 0 Å². The van der Waals surface area contributed by atoms with Crippen LogP contribution in [0.25, 0.3) is 11.0 Å². The average molecular weight is 429 g/mol. The number of fused-ring (bicyclic) bond motifs is 1. The van der Waals surface area contributed by atoms with E-state index >= 15 is 0 Å². The molecule has 0 spiro atoms. The first-order valence-electron chi connectivity index (χ1n) is 10.2. The molecule has 0 saturated heterocycles. The molecule has 1 amide bonds. The number of nitrogens with one attached hydrogen (secondary N) is 1. The van der Waals surface area contributed by atoms with Crippen LogP contribution >= 0.6 is 0 Å². The van der Waals surface area contributed by atoms with Gasteiger partial charge in [0.2, 0.25) is 10.0 Å². The molecular weight excluding hydrogens is 400 g/mol. The van der Waals surface area contributed by atoms with E-state index in [0.717, 1.165) is 29.8 Å². The van der Waals surface area contributed by atoms with Crippen LogP contribution in [0.3, 0.4) is 0 Å². The van der Waals surface area contributed by atoms with Crippen molar-refractivity contribution >= 4 is 27.0 Å². The quantitative estimate of drug-likeness (QED) is 0.531. The Balaban J connectivity index is 1.57. The third-order valence-electron chi connectivity index (χ3n) is 5.15. The number of hydrogen-bond donors (Lipinski definition) is 1. The first-order chi connectivity index (χ1) is 14.4. The lowest BCUT2D eigenvalue weighted by atomic mass is 10.2. The molecule has 0 saturated carbocycles. The SMILES string of the molecule is CCN(CC)S(=O)(=O)c1ccc(C(=O)NCCCn2c(C)nc3ccccc32)cc1. The molecule has 0 aliphatic carbocycles. The maximum absolute atomic E-state index is 12.5. The summed E-state index contributed by atoms with van der Waals surface area (Å²) in [7, 11) is -3.52. The maximum Gasteiger partial charge on any atom is 0.251 e. The van der Waals surface area contributed by atoms with Crippen LogP contribution in [0, 0.1) is 6.92 Å². The van der Waals surface area contributed by atoms with Crippen molar-refractivity contribution in [2.24, 2.45) is 0 Å². The van der Waals surface area contributed by atoms with E-state index < -0.39 is 10.0 Å². The van der Waals surface area contributed by atoms with Gasteiger partial charge in [-0.25, -0.2) is 13.4 Å². The summed E-state index contributed by atoms with van der Waals surface area (Å²) in [6, 6.07) is 14.1. The summed E-state index contributed by atoms with van der Waals surface area (Å²) in [6.45, 7) is 7.68. The fourth-order valence-corrected chi connectivity index (χ4v) is 4.97. The number of amides is 1. The Morgan fingerprint density at radius 2 is 1.73 bits per heavy atom. The molecule has 1 aromatic heterocycles. The molecule has 160 valence electrons. The fraction of sp³-hybridized carbons (Fsp3) is 0.364. The predicted molar refractivity (Wildman–Crippen MR) is 118 cm³/mol. The highest BCUT2D eigenvalue weighted by molar-refractivity contribution is 7.89. The van der Waals surface area contributed by atoms with Crippen molar-refractivity contribution in [2.45, 2.75) is 38.6 Å². The number of imidazole rings is 1. The zero-order valence-corrected chi connectivity index (χ0v) is 18.4. The van der Waals surface area contributed by atoms with E-state index in [1.165, 1.54) is 16.4 Å². The summed E-state index contributed by atoms with van der Waals surface area (Å²) in [6.07, 6.45) is 0.765. The molecule has 30 heavy (non-hydrogen) atoms. The third-order valence-corrected chi connectivity index (χ3v) is 7.21. The van der Waals surface area contributed by atoms with Gasteiger partial charge in [0.15, 0.2) is 0 Å². The van der Waals surface area contributed by atoms with E-state index in [1.807, 2.05) is 31.2 Å². The molecule has 0 unspecified atom stereocenters. The zero-order chi connectivity index (χ0) is 21.7. The Kier molecular flexibility index (Phi) is 6.89. The number of sulfonamides is 1. The summed E-state index contributed by atoms with van der Waals surface area (Å²) >= 11 is 0. The third kappa shape index (κ3) is 4.55. The Labute approximate surface area is 177 Å². The Hall–Kier alpha value is -2.71. The number of carbonyl (C=O) groups is 1. The molecule has 0 aliphatic rings. The minimum atomic E-state index is -3.52. The number of rotatable bonds is 9. The van der Waals surface area contributed by atoms with Crippen LogP contribution in [0.2, 0.25) is 0 Å². The Morgan fingerprint density at radius 1 is 1.07 bits per heavy atom. The molecule has 0 radical (unpaired) electrons. The smallest absolute Gasteiger partial charge is 0.251 e. The summed E-state index contributed by atoms with van der Waals surface area (Å²) in [5.74, 6) is 0.738. The molecule has 0 fully saturated rings. The minimum absolute atomic E-state index is 0.199. The van der Waals surface area contributed by atoms with E-state index in [0.29, 0.717) is 25.2 Å². The maximum atomic E-state index is 12.5. The molecular formula is C22H28N4O3S. The van der Waals surface area contributed by atoms with Gasteiger partial charge in [-0.05, 0) is 49.7 Å². The molecule has 0 aliphatic heterocycles. The number of carbonyl (C=O) groups excluding carboxylic acids is 1. The zero-order valence-electron chi connectivity index (χ0n) is 17.6. The monoisotopic (exact) mass is 428 g/mol. The van der Waals surface area contributed by atoms with Gasteiger partial charge < -0.3 is 9.88 Å². The molecule has 0 atom stereocenters. The van der Waals surface area contributed by atoms with Crippen molar-refractivity contribution in [2.75, 3.05) is 19.6 Å². The topological polar surface area (TPSA) is 84.3 Å². The van der Waals surface area contributed by atoms with Crippen LogP contribution in [-0.2, 0) is 16.6 Å². The van der Waals surface area contributed by atoms with Crippen LogP contribution < -0.4 is 5.32 Å². The molecule has 3 aromatic rings. The van der Waals surface area contributed by atoms with Crippen molar-refractivity contribution in [3.8, 4) is 0 Å². The van der Waals surface area contributed by atoms with Gasteiger partial charge >= 0.3 is 0 Å². The van der Waals surface area contributed by atoms with Crippen molar-refractivity contribution in [3.05, 3.63) is 59.9 Å². The highest BCUT2D eigenvalue weighted by Gasteiger charge is 2.21. The van der Waals surface area contributed by atoms with Crippen molar-refractivity contribution < 1.29 is 13.2 Å². The predicted octanol–water partition coefficient (Wildman–Crippen LogP) is 3.20. The lowest BCUT2D eigenvalue weighted by Gasteiger charge is -2.18. The van der Waals surface area contributed by atoms with Gasteiger partial charge in [0, 0.05) is 31.7 Å². The van der Waals surface area contributed by atoms with Gasteiger partial charge in [-0.1, -0.05) is 26.0 Å². The molecule has 2 aromatic carbocycles. The highest BCUT2D eigenvalue weighted by atomic mass is 32.2. The lowest BCUT2D eigenvalue weighted by molar-refractivity contribution is 0.0952. The van der Waals surface area contributed by atoms with Crippen LogP contribution in [0.5, 0.6) is 0 Å². The lowest BCUT2D eigenvalue weighted by Crippen LogP contribution is -2.30. The number of aryl methyl sites for hydroxylation is 2. The molecule has 3 rings (SSSR count). The standard InChI is InChI=1S/C22H28N4O3S/c1-4-25(5-2)30(28,29)19-13-11-18(12-14-19)22(27)23-15-8-16-26-17(3)24-20-9-6-7-10-21(20)26/h6-7,9-14H,4-5,8,15-16H2,1-3H3,(H,23,27). The second kappa shape index (κ2) is 9.40. The second-order valence-corrected chi connectivity index (χ2v) is 8.96. The van der Waals surface area contributed by atoms with Crippen LogP contribution in [0.4, 0.5) is 0 Å². The summed E-state index contributed by atoms with van der Waals surface area (Å²) in [4.78, 5) is 17.2. The molecule has 1 heterocycles. The van der Waals surface area contributed by atoms with E-state index in [9.17, 15) is 13.2 Å². The fourth-order valence-electron chi connectivity index (χ4n) is 3.51. The number of nitrogens with zero attached hydrogens (tertiary/aromatic N) is 3. The largest absolute Gasteiger partial charge is 0.352 e. The van der Waals surface area contributed by atoms with E-state index in [4.69, 9.17) is 0 Å². The molecule has 0 bridgehead atoms. The highest BCUT2D eigenvalue weighted by Crippen LogP contribution is 2.17. The van der Waals surface area contributed by atoms with Crippen molar-refractivity contribution in [1.82, 2.24) is 19.2 Å². The number of hydrogen-bond acceptors (Lipinski definition) is 4. The van der Waals surface area contributed by atoms with E-state index in [1.54, 1.807) is 26.0 Å². The molecule has 7 nitrogen and oxygen atoms in total. The summed E-state index contributed by atoms with van der Waals surface area (Å²) in [5.41, 5.74) is 2.50. The number of aromatic nitrogens is 2. The van der Waals surface area contributed by atoms with E-state index in [2.05, 4.69) is 14.9 Å². The number of benzene rings is 2. The van der Waals surface area contributed by atoms with Gasteiger partial charge in [0.05, 0.1) is 15.9 Å². The second-order valence-electron chi connectivity index (χ2n) is 7.02. The van der Waals surface area contributed by atoms with Gasteiger partial charge in [0.1, 0.15) is 5.82 Å². The van der Waals surface area contributed by atoms with Crippen LogP contribution in [0.1, 0.15) is 36.5 Å². The molecule has 1 N–H and O–H groups in total. The van der Waals surface area contributed by atoms with Gasteiger partial charge in [-0.3, -0.25) is 4.79 Å². The van der Waals surface area contributed by atoms with E-state index in [-0.39, 0.29) is 10.8 Å². The average Bonchev–Trinajstić information content (AvgIpc) is 3.07. The van der Waals surface area contributed by atoms with Crippen molar-refractivity contribution in [3.63, 3.8) is 0 Å². The van der Waals surface area contributed by atoms with Crippen LogP contribution in [-0.4, -0.2) is 47.8 Å².